The average Bonchev–Trinajstić information content (AvgIpc) is 3.21. The van der Waals surface area contributed by atoms with Crippen molar-refractivity contribution in [1.82, 2.24) is 15.0 Å². The normalized spacial score (nSPS) is 10.8. The van der Waals surface area contributed by atoms with Crippen molar-refractivity contribution in [2.24, 2.45) is 0 Å². The third-order valence-corrected chi connectivity index (χ3v) is 4.80. The molecule has 6 heteroatoms. The van der Waals surface area contributed by atoms with Crippen LogP contribution >= 0.6 is 11.3 Å². The first-order valence-electron chi connectivity index (χ1n) is 7.69. The van der Waals surface area contributed by atoms with E-state index < -0.39 is 0 Å². The molecule has 5 nitrogen and oxygen atoms in total. The highest BCUT2D eigenvalue weighted by Gasteiger charge is 2.15. The summed E-state index contributed by atoms with van der Waals surface area (Å²) in [5.41, 5.74) is 3.44. The topological polar surface area (TPSA) is 59.2 Å². The monoisotopic (exact) mass is 341 g/mol. The molecule has 3 rings (SSSR count). The average molecular weight is 341 g/mol. The van der Waals surface area contributed by atoms with Crippen molar-refractivity contribution >= 4 is 17.2 Å². The number of nitrogens with zero attached hydrogens (tertiary/aromatic N) is 3. The maximum atomic E-state index is 12.4. The molecule has 24 heavy (non-hydrogen) atoms. The Morgan fingerprint density at radius 1 is 1.25 bits per heavy atom. The summed E-state index contributed by atoms with van der Waals surface area (Å²) in [6.45, 7) is 4.42. The van der Waals surface area contributed by atoms with Crippen LogP contribution in [0.25, 0.3) is 10.7 Å². The summed E-state index contributed by atoms with van der Waals surface area (Å²) in [6, 6.07) is 9.98. The molecular formula is C18H19N3O2S. The first-order valence-corrected chi connectivity index (χ1v) is 8.57. The van der Waals surface area contributed by atoms with E-state index in [0.29, 0.717) is 24.7 Å². The van der Waals surface area contributed by atoms with Crippen molar-refractivity contribution in [3.05, 3.63) is 58.3 Å². The first-order chi connectivity index (χ1) is 11.5. The van der Waals surface area contributed by atoms with Crippen molar-refractivity contribution in [3.63, 3.8) is 0 Å². The number of benzene rings is 1. The number of amides is 1. The smallest absolute Gasteiger partial charge is 0.246 e. The van der Waals surface area contributed by atoms with Gasteiger partial charge in [-0.3, -0.25) is 4.79 Å². The van der Waals surface area contributed by atoms with Gasteiger partial charge in [-0.1, -0.05) is 29.4 Å². The zero-order chi connectivity index (χ0) is 17.1. The molecule has 3 aromatic rings. The van der Waals surface area contributed by atoms with Gasteiger partial charge in [0.1, 0.15) is 0 Å². The Balaban J connectivity index is 1.62. The van der Waals surface area contributed by atoms with Gasteiger partial charge in [-0.2, -0.15) is 4.98 Å². The lowest BCUT2D eigenvalue weighted by molar-refractivity contribution is -0.130. The third-order valence-electron chi connectivity index (χ3n) is 3.93. The van der Waals surface area contributed by atoms with Crippen LogP contribution in [0.2, 0.25) is 0 Å². The van der Waals surface area contributed by atoms with Crippen LogP contribution in [-0.2, 0) is 17.8 Å². The summed E-state index contributed by atoms with van der Waals surface area (Å²) >= 11 is 1.55. The summed E-state index contributed by atoms with van der Waals surface area (Å²) in [5, 5.41) is 5.93. The minimum Gasteiger partial charge on any atom is -0.337 e. The largest absolute Gasteiger partial charge is 0.337 e. The highest BCUT2D eigenvalue weighted by molar-refractivity contribution is 7.13. The Hall–Kier alpha value is -2.47. The summed E-state index contributed by atoms with van der Waals surface area (Å²) in [5.74, 6) is 1.03. The number of hydrogen-bond donors (Lipinski definition) is 0. The van der Waals surface area contributed by atoms with E-state index >= 15 is 0 Å². The van der Waals surface area contributed by atoms with Gasteiger partial charge in [0.05, 0.1) is 17.8 Å². The fraction of sp³-hybridized carbons (Fsp3) is 0.278. The molecule has 2 heterocycles. The van der Waals surface area contributed by atoms with E-state index in [1.165, 1.54) is 11.1 Å². The Bertz CT molecular complexity index is 840. The Labute approximate surface area is 144 Å². The lowest BCUT2D eigenvalue weighted by Crippen LogP contribution is -2.27. The van der Waals surface area contributed by atoms with Crippen molar-refractivity contribution in [3.8, 4) is 10.7 Å². The second-order valence-electron chi connectivity index (χ2n) is 5.83. The van der Waals surface area contributed by atoms with Crippen LogP contribution in [0.1, 0.15) is 22.6 Å². The lowest BCUT2D eigenvalue weighted by atomic mass is 10.0. The van der Waals surface area contributed by atoms with Crippen LogP contribution in [0.3, 0.4) is 0 Å². The number of carbonyl (C=O) groups excluding carboxylic acids is 1. The number of carbonyl (C=O) groups is 1. The molecule has 0 N–H and O–H groups in total. The van der Waals surface area contributed by atoms with Crippen molar-refractivity contribution < 1.29 is 9.32 Å². The van der Waals surface area contributed by atoms with Crippen molar-refractivity contribution in [2.75, 3.05) is 7.05 Å². The molecule has 0 fully saturated rings. The van der Waals surface area contributed by atoms with E-state index in [2.05, 4.69) is 30.1 Å². The maximum absolute atomic E-state index is 12.4. The minimum absolute atomic E-state index is 0.0223. The molecule has 124 valence electrons. The van der Waals surface area contributed by atoms with Crippen LogP contribution in [0, 0.1) is 13.8 Å². The van der Waals surface area contributed by atoms with E-state index in [-0.39, 0.29) is 5.91 Å². The number of aryl methyl sites for hydroxylation is 2. The molecular weight excluding hydrogens is 322 g/mol. The second-order valence-corrected chi connectivity index (χ2v) is 6.78. The number of thiophene rings is 1. The Morgan fingerprint density at radius 3 is 2.79 bits per heavy atom. The predicted octanol–water partition coefficient (Wildman–Crippen LogP) is 3.62. The van der Waals surface area contributed by atoms with Crippen molar-refractivity contribution in [2.45, 2.75) is 26.8 Å². The zero-order valence-corrected chi connectivity index (χ0v) is 14.8. The van der Waals surface area contributed by atoms with Gasteiger partial charge in [-0.05, 0) is 42.0 Å². The van der Waals surface area contributed by atoms with Crippen LogP contribution < -0.4 is 0 Å². The van der Waals surface area contributed by atoms with Gasteiger partial charge in [-0.25, -0.2) is 0 Å². The number of rotatable bonds is 5. The molecule has 0 atom stereocenters. The van der Waals surface area contributed by atoms with Gasteiger partial charge in [0.15, 0.2) is 0 Å². The standard InChI is InChI=1S/C18H19N3O2S/c1-12-6-7-14(9-13(12)2)10-17(22)21(3)11-16-19-18(20-23-16)15-5-4-8-24-15/h4-9H,10-11H2,1-3H3. The predicted molar refractivity (Wildman–Crippen MR) is 93.7 cm³/mol. The van der Waals surface area contributed by atoms with E-state index in [9.17, 15) is 4.79 Å². The van der Waals surface area contributed by atoms with Gasteiger partial charge < -0.3 is 9.42 Å². The molecule has 0 saturated carbocycles. The molecule has 0 unspecified atom stereocenters. The molecule has 0 spiro atoms. The minimum atomic E-state index is 0.0223. The number of hydrogen-bond acceptors (Lipinski definition) is 5. The van der Waals surface area contributed by atoms with Crippen molar-refractivity contribution in [1.29, 1.82) is 0 Å². The molecule has 0 bridgehead atoms. The highest BCUT2D eigenvalue weighted by atomic mass is 32.1. The van der Waals surface area contributed by atoms with Gasteiger partial charge in [-0.15, -0.1) is 11.3 Å². The molecule has 0 radical (unpaired) electrons. The first kappa shape index (κ1) is 16.4. The van der Waals surface area contributed by atoms with Gasteiger partial charge in [0, 0.05) is 7.05 Å². The molecule has 0 aliphatic rings. The molecule has 0 aliphatic carbocycles. The van der Waals surface area contributed by atoms with Gasteiger partial charge >= 0.3 is 0 Å². The van der Waals surface area contributed by atoms with Gasteiger partial charge in [0.25, 0.3) is 0 Å². The Kier molecular flexibility index (Phi) is 4.76. The number of aromatic nitrogens is 2. The maximum Gasteiger partial charge on any atom is 0.246 e. The van der Waals surface area contributed by atoms with E-state index in [1.807, 2.05) is 29.6 Å². The molecule has 0 aliphatic heterocycles. The fourth-order valence-corrected chi connectivity index (χ4v) is 2.99. The highest BCUT2D eigenvalue weighted by Crippen LogP contribution is 2.21. The fourth-order valence-electron chi connectivity index (χ4n) is 2.34. The summed E-state index contributed by atoms with van der Waals surface area (Å²) < 4.78 is 5.25. The SMILES string of the molecule is Cc1ccc(CC(=O)N(C)Cc2nc(-c3cccs3)no2)cc1C. The zero-order valence-electron chi connectivity index (χ0n) is 13.9. The molecule has 1 aromatic carbocycles. The summed E-state index contributed by atoms with van der Waals surface area (Å²) in [6.07, 6.45) is 0.365. The lowest BCUT2D eigenvalue weighted by Gasteiger charge is -2.15. The summed E-state index contributed by atoms with van der Waals surface area (Å²) in [7, 11) is 1.75. The second kappa shape index (κ2) is 6.97. The van der Waals surface area contributed by atoms with Crippen LogP contribution in [0.4, 0.5) is 0 Å². The van der Waals surface area contributed by atoms with Crippen LogP contribution in [-0.4, -0.2) is 28.0 Å². The molecule has 0 saturated heterocycles. The quantitative estimate of drug-likeness (QED) is 0.711. The number of likely N-dealkylation sites (N-methyl/N-ethyl adjacent to an activating group) is 1. The molecule has 1 amide bonds. The van der Waals surface area contributed by atoms with E-state index in [1.54, 1.807) is 23.3 Å². The van der Waals surface area contributed by atoms with Crippen LogP contribution in [0.5, 0.6) is 0 Å². The molecule has 2 aromatic heterocycles. The summed E-state index contributed by atoms with van der Waals surface area (Å²) in [4.78, 5) is 19.3. The third kappa shape index (κ3) is 3.71. The Morgan fingerprint density at radius 2 is 2.08 bits per heavy atom. The van der Waals surface area contributed by atoms with Gasteiger partial charge in [0.2, 0.25) is 17.6 Å². The van der Waals surface area contributed by atoms with E-state index in [4.69, 9.17) is 4.52 Å². The van der Waals surface area contributed by atoms with Crippen LogP contribution in [0.15, 0.2) is 40.2 Å². The van der Waals surface area contributed by atoms with E-state index in [0.717, 1.165) is 10.4 Å².